The van der Waals surface area contributed by atoms with E-state index in [4.69, 9.17) is 11.6 Å². The van der Waals surface area contributed by atoms with Crippen LogP contribution < -0.4 is 5.32 Å². The number of phenolic OH excluding ortho intramolecular Hbond substituents is 1. The lowest BCUT2D eigenvalue weighted by Gasteiger charge is -2.03. The largest absolute Gasteiger partial charge is 0.506 e. The number of phenols is 1. The molecule has 0 bridgehead atoms. The number of thioether (sulfide) groups is 1. The van der Waals surface area contributed by atoms with Crippen LogP contribution in [0.1, 0.15) is 5.56 Å². The maximum Gasteiger partial charge on any atom is 0.264 e. The van der Waals surface area contributed by atoms with Crippen molar-refractivity contribution in [1.29, 1.82) is 0 Å². The smallest absolute Gasteiger partial charge is 0.264 e. The summed E-state index contributed by atoms with van der Waals surface area (Å²) in [5.41, 5.74) is 1.22. The Labute approximate surface area is 169 Å². The zero-order valence-electron chi connectivity index (χ0n) is 11.9. The molecule has 0 spiro atoms. The quantitative estimate of drug-likeness (QED) is 0.405. The number of aromatic hydroxyl groups is 1. The molecule has 0 saturated carbocycles. The van der Waals surface area contributed by atoms with Gasteiger partial charge in [-0.25, -0.2) is 4.99 Å². The van der Waals surface area contributed by atoms with Gasteiger partial charge in [-0.05, 0) is 70.8 Å². The molecule has 0 aliphatic carbocycles. The highest BCUT2D eigenvalue weighted by molar-refractivity contribution is 14.1. The summed E-state index contributed by atoms with van der Waals surface area (Å²) in [6.45, 7) is 0. The van der Waals surface area contributed by atoms with Crippen molar-refractivity contribution in [3.63, 3.8) is 0 Å². The van der Waals surface area contributed by atoms with Crippen LogP contribution in [-0.2, 0) is 4.79 Å². The molecule has 8 heteroatoms. The Kier molecular flexibility index (Phi) is 5.53. The van der Waals surface area contributed by atoms with Gasteiger partial charge in [0, 0.05) is 15.1 Å². The molecule has 2 aromatic carbocycles. The predicted octanol–water partition coefficient (Wildman–Crippen LogP) is 5.30. The van der Waals surface area contributed by atoms with Crippen molar-refractivity contribution in [2.24, 2.45) is 4.99 Å². The molecule has 1 fully saturated rings. The van der Waals surface area contributed by atoms with E-state index >= 15 is 0 Å². The summed E-state index contributed by atoms with van der Waals surface area (Å²) < 4.78 is 1.53. The Morgan fingerprint density at radius 2 is 2.12 bits per heavy atom. The number of amides is 1. The van der Waals surface area contributed by atoms with Gasteiger partial charge < -0.3 is 10.4 Å². The number of hydrogen-bond donors (Lipinski definition) is 2. The zero-order valence-corrected chi connectivity index (χ0v) is 17.2. The molecule has 122 valence electrons. The first-order chi connectivity index (χ1) is 11.4. The number of hydrogen-bond acceptors (Lipinski definition) is 4. The van der Waals surface area contributed by atoms with Crippen molar-refractivity contribution >= 4 is 84.7 Å². The minimum atomic E-state index is -0.261. The van der Waals surface area contributed by atoms with Crippen LogP contribution in [0.4, 0.5) is 5.69 Å². The second kappa shape index (κ2) is 7.47. The fraction of sp³-hybridized carbons (Fsp3) is 0. The lowest BCUT2D eigenvalue weighted by Crippen LogP contribution is -2.19. The van der Waals surface area contributed by atoms with Gasteiger partial charge in [-0.2, -0.15) is 0 Å². The highest BCUT2D eigenvalue weighted by Gasteiger charge is 2.24. The van der Waals surface area contributed by atoms with Gasteiger partial charge in [-0.1, -0.05) is 33.6 Å². The fourth-order valence-corrected chi connectivity index (χ4v) is 4.26. The number of rotatable bonds is 2. The van der Waals surface area contributed by atoms with E-state index in [1.165, 1.54) is 11.8 Å². The lowest BCUT2D eigenvalue weighted by atomic mass is 10.2. The van der Waals surface area contributed by atoms with Gasteiger partial charge in [0.15, 0.2) is 5.17 Å². The van der Waals surface area contributed by atoms with Gasteiger partial charge in [-0.3, -0.25) is 4.79 Å². The molecule has 1 saturated heterocycles. The van der Waals surface area contributed by atoms with E-state index in [0.29, 0.717) is 24.2 Å². The third-order valence-corrected chi connectivity index (χ3v) is 5.48. The molecule has 1 amide bonds. The van der Waals surface area contributed by atoms with Crippen LogP contribution in [0.25, 0.3) is 6.08 Å². The van der Waals surface area contributed by atoms with Crippen LogP contribution in [0.15, 0.2) is 50.8 Å². The van der Waals surface area contributed by atoms with Crippen LogP contribution >= 0.6 is 61.9 Å². The highest BCUT2D eigenvalue weighted by atomic mass is 127. The summed E-state index contributed by atoms with van der Waals surface area (Å²) in [5, 5.41) is 13.8. The molecule has 0 radical (unpaired) electrons. The minimum absolute atomic E-state index is 0.0956. The number of amidine groups is 1. The Bertz CT molecular complexity index is 902. The van der Waals surface area contributed by atoms with E-state index in [1.54, 1.807) is 18.2 Å². The van der Waals surface area contributed by atoms with E-state index in [1.807, 2.05) is 46.9 Å². The molecule has 2 N–H and O–H groups in total. The Morgan fingerprint density at radius 3 is 2.88 bits per heavy atom. The van der Waals surface area contributed by atoms with Crippen LogP contribution in [0.2, 0.25) is 5.02 Å². The normalized spacial score (nSPS) is 17.5. The monoisotopic (exact) mass is 534 g/mol. The summed E-state index contributed by atoms with van der Waals surface area (Å²) >= 11 is 12.6. The number of carbonyl (C=O) groups excluding carboxylic acids is 1. The summed E-state index contributed by atoms with van der Waals surface area (Å²) in [6, 6.07) is 10.7. The third kappa shape index (κ3) is 4.14. The topological polar surface area (TPSA) is 61.7 Å². The summed E-state index contributed by atoms with van der Waals surface area (Å²) in [7, 11) is 0. The maximum atomic E-state index is 12.1. The van der Waals surface area contributed by atoms with Crippen LogP contribution in [0, 0.1) is 3.57 Å². The van der Waals surface area contributed by atoms with E-state index < -0.39 is 0 Å². The molecule has 2 aromatic rings. The number of carbonyl (C=O) groups is 1. The number of benzene rings is 2. The minimum Gasteiger partial charge on any atom is -0.506 e. The number of nitrogens with one attached hydrogen (secondary N) is 1. The first kappa shape index (κ1) is 17.8. The van der Waals surface area contributed by atoms with Gasteiger partial charge in [0.2, 0.25) is 0 Å². The first-order valence-corrected chi connectivity index (χ1v) is 9.72. The average molecular weight is 536 g/mol. The zero-order chi connectivity index (χ0) is 17.3. The van der Waals surface area contributed by atoms with Gasteiger partial charge in [-0.15, -0.1) is 0 Å². The number of halogens is 3. The third-order valence-electron chi connectivity index (χ3n) is 3.03. The molecule has 0 unspecified atom stereocenters. The van der Waals surface area contributed by atoms with Crippen molar-refractivity contribution in [1.82, 2.24) is 5.32 Å². The average Bonchev–Trinajstić information content (AvgIpc) is 2.84. The Morgan fingerprint density at radius 1 is 1.33 bits per heavy atom. The molecule has 0 aromatic heterocycles. The second-order valence-electron chi connectivity index (χ2n) is 4.79. The fourth-order valence-electron chi connectivity index (χ4n) is 1.98. The number of nitrogens with zero attached hydrogens (tertiary/aromatic N) is 1. The molecule has 1 aliphatic heterocycles. The molecule has 1 heterocycles. The van der Waals surface area contributed by atoms with Crippen LogP contribution in [-0.4, -0.2) is 16.2 Å². The lowest BCUT2D eigenvalue weighted by molar-refractivity contribution is -0.115. The summed E-state index contributed by atoms with van der Waals surface area (Å²) in [4.78, 5) is 17.0. The van der Waals surface area contributed by atoms with Crippen LogP contribution in [0.5, 0.6) is 5.75 Å². The molecule has 3 rings (SSSR count). The maximum absolute atomic E-state index is 12.1. The molecule has 1 aliphatic rings. The van der Waals surface area contributed by atoms with E-state index in [-0.39, 0.29) is 11.7 Å². The Hall–Kier alpha value is -1.03. The highest BCUT2D eigenvalue weighted by Crippen LogP contribution is 2.34. The van der Waals surface area contributed by atoms with Gasteiger partial charge in [0.1, 0.15) is 5.75 Å². The Balaban J connectivity index is 1.90. The van der Waals surface area contributed by atoms with Crippen LogP contribution in [0.3, 0.4) is 0 Å². The van der Waals surface area contributed by atoms with E-state index in [2.05, 4.69) is 26.2 Å². The van der Waals surface area contributed by atoms with Gasteiger partial charge >= 0.3 is 0 Å². The van der Waals surface area contributed by atoms with Crippen molar-refractivity contribution in [2.75, 3.05) is 0 Å². The molecular weight excluding hydrogens is 527 g/mol. The van der Waals surface area contributed by atoms with Gasteiger partial charge in [0.25, 0.3) is 5.91 Å². The first-order valence-electron chi connectivity index (χ1n) is 6.65. The van der Waals surface area contributed by atoms with Crippen molar-refractivity contribution in [3.05, 3.63) is 59.9 Å². The molecular formula is C16H9BrClIN2O2S. The predicted molar refractivity (Wildman–Crippen MR) is 111 cm³/mol. The van der Waals surface area contributed by atoms with Crippen molar-refractivity contribution in [2.45, 2.75) is 0 Å². The second-order valence-corrected chi connectivity index (χ2v) is 8.33. The summed E-state index contributed by atoms with van der Waals surface area (Å²) in [6.07, 6.45) is 1.60. The van der Waals surface area contributed by atoms with Crippen molar-refractivity contribution < 1.29 is 9.90 Å². The van der Waals surface area contributed by atoms with E-state index in [9.17, 15) is 9.90 Å². The van der Waals surface area contributed by atoms with Crippen molar-refractivity contribution in [3.8, 4) is 5.75 Å². The standard InChI is InChI=1S/C16H9BrClIN2O2S/c17-9-2-1-3-11(6-9)20-16-21-15(23)13(24-16)5-8-4-10(18)7-12(19)14(8)22/h1-7,22H,(H,20,21,23)/b13-5-. The van der Waals surface area contributed by atoms with E-state index in [0.717, 1.165) is 10.2 Å². The molecule has 24 heavy (non-hydrogen) atoms. The summed E-state index contributed by atoms with van der Waals surface area (Å²) in [5.74, 6) is -0.165. The number of aliphatic imine (C=N–C) groups is 1. The van der Waals surface area contributed by atoms with Gasteiger partial charge in [0.05, 0.1) is 14.2 Å². The SMILES string of the molecule is O=C1NC(=Nc2cccc(Br)c2)S/C1=C\c1cc(Cl)cc(I)c1O. The molecule has 4 nitrogen and oxygen atoms in total. The molecule has 0 atom stereocenters.